The van der Waals surface area contributed by atoms with Crippen molar-refractivity contribution in [3.05, 3.63) is 68.1 Å². The van der Waals surface area contributed by atoms with E-state index in [0.29, 0.717) is 22.2 Å². The third-order valence-electron chi connectivity index (χ3n) is 2.82. The van der Waals surface area contributed by atoms with E-state index in [-0.39, 0.29) is 5.91 Å². The fourth-order valence-electron chi connectivity index (χ4n) is 1.83. The van der Waals surface area contributed by atoms with Crippen molar-refractivity contribution >= 4 is 45.0 Å². The number of amides is 1. The summed E-state index contributed by atoms with van der Waals surface area (Å²) >= 11 is 15.3. The number of hydrogen-bond acceptors (Lipinski definition) is 1. The highest BCUT2D eigenvalue weighted by Crippen LogP contribution is 2.24. The molecule has 0 aromatic heterocycles. The average molecular weight is 373 g/mol. The molecule has 0 heterocycles. The van der Waals surface area contributed by atoms with Crippen LogP contribution < -0.4 is 0 Å². The number of hydrogen-bond donors (Lipinski definition) is 0. The third kappa shape index (κ3) is 3.75. The zero-order chi connectivity index (χ0) is 14.7. The normalized spacial score (nSPS) is 10.4. The Hall–Kier alpha value is -1.03. The topological polar surface area (TPSA) is 20.3 Å². The monoisotopic (exact) mass is 371 g/mol. The Morgan fingerprint density at radius 2 is 1.95 bits per heavy atom. The van der Waals surface area contributed by atoms with Crippen molar-refractivity contribution < 1.29 is 4.79 Å². The molecule has 2 aromatic carbocycles. The van der Waals surface area contributed by atoms with Gasteiger partial charge in [-0.25, -0.2) is 0 Å². The summed E-state index contributed by atoms with van der Waals surface area (Å²) in [6.45, 7) is 0.493. The highest BCUT2D eigenvalue weighted by Gasteiger charge is 2.13. The Morgan fingerprint density at radius 1 is 1.20 bits per heavy atom. The summed E-state index contributed by atoms with van der Waals surface area (Å²) in [5.41, 5.74) is 1.54. The second-order valence-corrected chi connectivity index (χ2v) is 6.12. The minimum Gasteiger partial charge on any atom is -0.337 e. The lowest BCUT2D eigenvalue weighted by Crippen LogP contribution is -2.26. The first-order valence-corrected chi connectivity index (χ1v) is 7.47. The maximum absolute atomic E-state index is 12.3. The van der Waals surface area contributed by atoms with Crippen molar-refractivity contribution in [2.24, 2.45) is 0 Å². The minimum absolute atomic E-state index is 0.0839. The number of rotatable bonds is 3. The van der Waals surface area contributed by atoms with Gasteiger partial charge in [-0.3, -0.25) is 4.79 Å². The van der Waals surface area contributed by atoms with Gasteiger partial charge in [-0.1, -0.05) is 35.3 Å². The van der Waals surface area contributed by atoms with Crippen LogP contribution >= 0.6 is 39.1 Å². The summed E-state index contributed by atoms with van der Waals surface area (Å²) in [7, 11) is 1.75. The Balaban J connectivity index is 2.14. The Morgan fingerprint density at radius 3 is 2.60 bits per heavy atom. The highest BCUT2D eigenvalue weighted by atomic mass is 79.9. The molecule has 0 N–H and O–H groups in total. The second-order valence-electron chi connectivity index (χ2n) is 4.42. The predicted octanol–water partition coefficient (Wildman–Crippen LogP) is 5.03. The van der Waals surface area contributed by atoms with Crippen molar-refractivity contribution in [1.82, 2.24) is 4.90 Å². The Kier molecular flexibility index (Phi) is 5.08. The molecule has 0 saturated heterocycles. The molecule has 104 valence electrons. The Bertz CT molecular complexity index is 646. The van der Waals surface area contributed by atoms with E-state index in [0.717, 1.165) is 10.0 Å². The molecule has 0 unspecified atom stereocenters. The first kappa shape index (κ1) is 15.4. The summed E-state index contributed by atoms with van der Waals surface area (Å²) < 4.78 is 0.771. The van der Waals surface area contributed by atoms with Gasteiger partial charge < -0.3 is 4.90 Å². The van der Waals surface area contributed by atoms with Crippen LogP contribution in [0.1, 0.15) is 15.9 Å². The summed E-state index contributed by atoms with van der Waals surface area (Å²) in [5.74, 6) is -0.0839. The van der Waals surface area contributed by atoms with Gasteiger partial charge in [0.1, 0.15) is 0 Å². The van der Waals surface area contributed by atoms with Gasteiger partial charge in [0.15, 0.2) is 0 Å². The third-order valence-corrected chi connectivity index (χ3v) is 4.29. The first-order valence-electron chi connectivity index (χ1n) is 5.92. The van der Waals surface area contributed by atoms with Gasteiger partial charge in [-0.2, -0.15) is 0 Å². The number of carbonyl (C=O) groups is 1. The van der Waals surface area contributed by atoms with Gasteiger partial charge >= 0.3 is 0 Å². The molecular formula is C15H12BrCl2NO. The van der Waals surface area contributed by atoms with Gasteiger partial charge in [0.05, 0.1) is 5.02 Å². The molecule has 5 heteroatoms. The van der Waals surface area contributed by atoms with E-state index in [4.69, 9.17) is 23.2 Å². The maximum Gasteiger partial charge on any atom is 0.253 e. The van der Waals surface area contributed by atoms with E-state index < -0.39 is 0 Å². The average Bonchev–Trinajstić information content (AvgIpc) is 2.41. The number of halogens is 3. The van der Waals surface area contributed by atoms with Crippen LogP contribution in [0.4, 0.5) is 0 Å². The van der Waals surface area contributed by atoms with E-state index in [1.54, 1.807) is 36.2 Å². The molecular weight excluding hydrogens is 361 g/mol. The minimum atomic E-state index is -0.0839. The van der Waals surface area contributed by atoms with Gasteiger partial charge in [-0.15, -0.1) is 0 Å². The van der Waals surface area contributed by atoms with Crippen LogP contribution in [0.3, 0.4) is 0 Å². The molecule has 20 heavy (non-hydrogen) atoms. The highest BCUT2D eigenvalue weighted by molar-refractivity contribution is 9.10. The molecule has 0 aliphatic rings. The fraction of sp³-hybridized carbons (Fsp3) is 0.133. The molecule has 0 atom stereocenters. The van der Waals surface area contributed by atoms with Crippen LogP contribution in [0.25, 0.3) is 0 Å². The number of benzene rings is 2. The largest absolute Gasteiger partial charge is 0.337 e. The van der Waals surface area contributed by atoms with E-state index in [1.165, 1.54) is 0 Å². The second kappa shape index (κ2) is 6.61. The maximum atomic E-state index is 12.3. The standard InChI is InChI=1S/C15H12BrCl2NO/c1-19(9-10-3-2-4-12(17)7-10)15(20)11-5-6-13(16)14(18)8-11/h2-8H,9H2,1H3. The number of nitrogens with zero attached hydrogens (tertiary/aromatic N) is 1. The van der Waals surface area contributed by atoms with Gasteiger partial charge in [0.25, 0.3) is 5.91 Å². The van der Waals surface area contributed by atoms with Crippen molar-refractivity contribution in [3.63, 3.8) is 0 Å². The van der Waals surface area contributed by atoms with E-state index in [2.05, 4.69) is 15.9 Å². The lowest BCUT2D eigenvalue weighted by atomic mass is 10.1. The Labute approximate surface area is 136 Å². The van der Waals surface area contributed by atoms with Crippen LogP contribution in [0.15, 0.2) is 46.9 Å². The molecule has 0 aliphatic carbocycles. The molecule has 2 rings (SSSR count). The van der Waals surface area contributed by atoms with Gasteiger partial charge in [0, 0.05) is 28.7 Å². The SMILES string of the molecule is CN(Cc1cccc(Cl)c1)C(=O)c1ccc(Br)c(Cl)c1. The van der Waals surface area contributed by atoms with Gasteiger partial charge in [0.2, 0.25) is 0 Å². The summed E-state index contributed by atoms with van der Waals surface area (Å²) in [6, 6.07) is 12.6. The summed E-state index contributed by atoms with van der Waals surface area (Å²) in [6.07, 6.45) is 0. The van der Waals surface area contributed by atoms with E-state index >= 15 is 0 Å². The molecule has 1 amide bonds. The van der Waals surface area contributed by atoms with Crippen molar-refractivity contribution in [3.8, 4) is 0 Å². The quantitative estimate of drug-likeness (QED) is 0.739. The van der Waals surface area contributed by atoms with Crippen molar-refractivity contribution in [2.45, 2.75) is 6.54 Å². The van der Waals surface area contributed by atoms with Crippen molar-refractivity contribution in [1.29, 1.82) is 0 Å². The van der Waals surface area contributed by atoms with Crippen LogP contribution in [0.2, 0.25) is 10.0 Å². The molecule has 0 saturated carbocycles. The molecule has 0 spiro atoms. The van der Waals surface area contributed by atoms with E-state index in [1.807, 2.05) is 18.2 Å². The zero-order valence-corrected chi connectivity index (χ0v) is 13.8. The van der Waals surface area contributed by atoms with Gasteiger partial charge in [-0.05, 0) is 51.8 Å². The van der Waals surface area contributed by atoms with Crippen LogP contribution in [0, 0.1) is 0 Å². The van der Waals surface area contributed by atoms with Crippen molar-refractivity contribution in [2.75, 3.05) is 7.05 Å². The zero-order valence-electron chi connectivity index (χ0n) is 10.7. The molecule has 0 aliphatic heterocycles. The first-order chi connectivity index (χ1) is 9.47. The predicted molar refractivity (Wildman–Crippen MR) is 86.4 cm³/mol. The molecule has 0 radical (unpaired) electrons. The lowest BCUT2D eigenvalue weighted by Gasteiger charge is -2.17. The fourth-order valence-corrected chi connectivity index (χ4v) is 2.47. The molecule has 0 fully saturated rings. The van der Waals surface area contributed by atoms with Crippen LogP contribution in [-0.2, 0) is 6.54 Å². The lowest BCUT2D eigenvalue weighted by molar-refractivity contribution is 0.0785. The van der Waals surface area contributed by atoms with Crippen LogP contribution in [0.5, 0.6) is 0 Å². The summed E-state index contributed by atoms with van der Waals surface area (Å²) in [5, 5.41) is 1.18. The summed E-state index contributed by atoms with van der Waals surface area (Å²) in [4.78, 5) is 13.9. The van der Waals surface area contributed by atoms with E-state index in [9.17, 15) is 4.79 Å². The number of carbonyl (C=O) groups excluding carboxylic acids is 1. The molecule has 0 bridgehead atoms. The molecule has 2 aromatic rings. The molecule has 2 nitrogen and oxygen atoms in total. The van der Waals surface area contributed by atoms with Crippen LogP contribution in [-0.4, -0.2) is 17.9 Å². The smallest absolute Gasteiger partial charge is 0.253 e.